The van der Waals surface area contributed by atoms with Crippen molar-refractivity contribution in [2.45, 2.75) is 6.54 Å². The van der Waals surface area contributed by atoms with Gasteiger partial charge in [0.2, 0.25) is 0 Å². The van der Waals surface area contributed by atoms with Gasteiger partial charge in [-0.2, -0.15) is 0 Å². The Bertz CT molecular complexity index is 754. The molecule has 0 aliphatic carbocycles. The summed E-state index contributed by atoms with van der Waals surface area (Å²) in [5.74, 6) is 0.255. The lowest BCUT2D eigenvalue weighted by Gasteiger charge is -1.99. The van der Waals surface area contributed by atoms with Crippen molar-refractivity contribution in [2.24, 2.45) is 0 Å². The molecule has 106 valence electrons. The number of aromatic nitrogens is 2. The molecule has 0 aliphatic heterocycles. The molecule has 0 saturated heterocycles. The van der Waals surface area contributed by atoms with Crippen LogP contribution in [0.15, 0.2) is 51.0 Å². The maximum absolute atomic E-state index is 12.0. The van der Waals surface area contributed by atoms with Gasteiger partial charge in [-0.3, -0.25) is 9.78 Å². The molecule has 1 amide bonds. The van der Waals surface area contributed by atoms with Crippen molar-refractivity contribution < 1.29 is 9.32 Å². The maximum atomic E-state index is 12.0. The third-order valence-electron chi connectivity index (χ3n) is 2.74. The molecule has 0 radical (unpaired) electrons. The highest BCUT2D eigenvalue weighted by atomic mass is 79.9. The van der Waals surface area contributed by atoms with E-state index in [-0.39, 0.29) is 11.6 Å². The van der Waals surface area contributed by atoms with Crippen LogP contribution in [0.3, 0.4) is 0 Å². The smallest absolute Gasteiger partial charge is 0.273 e. The van der Waals surface area contributed by atoms with E-state index in [1.165, 1.54) is 0 Å². The lowest BCUT2D eigenvalue weighted by Crippen LogP contribution is -2.22. The Morgan fingerprint density at radius 1 is 1.38 bits per heavy atom. The van der Waals surface area contributed by atoms with Crippen LogP contribution in [-0.2, 0) is 6.54 Å². The number of amides is 1. The van der Waals surface area contributed by atoms with Gasteiger partial charge in [-0.25, -0.2) is 0 Å². The van der Waals surface area contributed by atoms with Crippen LogP contribution in [0.5, 0.6) is 0 Å². The highest BCUT2D eigenvalue weighted by Crippen LogP contribution is 2.22. The quantitative estimate of drug-likeness (QED) is 0.770. The predicted octanol–water partition coefficient (Wildman–Crippen LogP) is 3.49. The molecule has 3 rings (SSSR count). The minimum atomic E-state index is -0.265. The van der Waals surface area contributed by atoms with Crippen molar-refractivity contribution in [2.75, 3.05) is 0 Å². The van der Waals surface area contributed by atoms with Crippen LogP contribution in [-0.4, -0.2) is 16.0 Å². The average Bonchev–Trinajstić information content (AvgIpc) is 3.15. The summed E-state index contributed by atoms with van der Waals surface area (Å²) >= 11 is 4.96. The number of rotatable bonds is 4. The fourth-order valence-electron chi connectivity index (χ4n) is 1.73. The third kappa shape index (κ3) is 3.37. The number of pyridine rings is 1. The molecule has 0 aliphatic rings. The van der Waals surface area contributed by atoms with Crippen LogP contribution in [0.2, 0.25) is 0 Å². The summed E-state index contributed by atoms with van der Waals surface area (Å²) in [5.41, 5.74) is 1.04. The third-order valence-corrected chi connectivity index (χ3v) is 4.36. The number of hydrogen-bond acceptors (Lipinski definition) is 5. The van der Waals surface area contributed by atoms with Crippen LogP contribution < -0.4 is 5.32 Å². The fraction of sp³-hybridized carbons (Fsp3) is 0.0714. The summed E-state index contributed by atoms with van der Waals surface area (Å²) < 4.78 is 6.21. The predicted molar refractivity (Wildman–Crippen MR) is 82.9 cm³/mol. The Kier molecular flexibility index (Phi) is 4.12. The van der Waals surface area contributed by atoms with Crippen molar-refractivity contribution in [1.82, 2.24) is 15.5 Å². The first kappa shape index (κ1) is 14.0. The molecule has 0 spiro atoms. The lowest BCUT2D eigenvalue weighted by atomic mass is 10.2. The van der Waals surface area contributed by atoms with Gasteiger partial charge in [0, 0.05) is 28.9 Å². The Balaban J connectivity index is 1.67. The van der Waals surface area contributed by atoms with Gasteiger partial charge in [0.05, 0.1) is 10.3 Å². The van der Waals surface area contributed by atoms with Crippen LogP contribution in [0.4, 0.5) is 0 Å². The van der Waals surface area contributed by atoms with E-state index in [1.54, 1.807) is 35.9 Å². The summed E-state index contributed by atoms with van der Waals surface area (Å²) in [7, 11) is 0. The minimum absolute atomic E-state index is 0.254. The molecule has 3 heterocycles. The first-order valence-electron chi connectivity index (χ1n) is 6.12. The number of nitrogens with one attached hydrogen (secondary N) is 1. The van der Waals surface area contributed by atoms with Gasteiger partial charge in [-0.15, -0.1) is 11.3 Å². The van der Waals surface area contributed by atoms with E-state index in [0.717, 1.165) is 14.2 Å². The second-order valence-electron chi connectivity index (χ2n) is 4.21. The van der Waals surface area contributed by atoms with Crippen molar-refractivity contribution >= 4 is 33.2 Å². The molecule has 1 N–H and O–H groups in total. The monoisotopic (exact) mass is 363 g/mol. The van der Waals surface area contributed by atoms with Gasteiger partial charge >= 0.3 is 0 Å². The van der Waals surface area contributed by atoms with Crippen LogP contribution in [0.1, 0.15) is 15.4 Å². The molecule has 0 bridgehead atoms. The van der Waals surface area contributed by atoms with E-state index in [1.807, 2.05) is 18.2 Å². The average molecular weight is 364 g/mol. The van der Waals surface area contributed by atoms with E-state index in [2.05, 4.69) is 31.4 Å². The van der Waals surface area contributed by atoms with Crippen LogP contribution in [0.25, 0.3) is 11.3 Å². The first-order valence-corrected chi connectivity index (χ1v) is 7.73. The first-order chi connectivity index (χ1) is 10.2. The lowest BCUT2D eigenvalue weighted by molar-refractivity contribution is 0.0942. The van der Waals surface area contributed by atoms with Crippen LogP contribution in [0, 0.1) is 0 Å². The SMILES string of the molecule is O=C(NCc1ccc(Br)s1)c1cc(-c2cccnc2)on1. The normalized spacial score (nSPS) is 10.5. The minimum Gasteiger partial charge on any atom is -0.355 e. The molecule has 3 aromatic heterocycles. The largest absolute Gasteiger partial charge is 0.355 e. The molecule has 21 heavy (non-hydrogen) atoms. The number of hydrogen-bond donors (Lipinski definition) is 1. The van der Waals surface area contributed by atoms with Gasteiger partial charge in [0.25, 0.3) is 5.91 Å². The summed E-state index contributed by atoms with van der Waals surface area (Å²) in [6.07, 6.45) is 3.33. The molecule has 0 aromatic carbocycles. The van der Waals surface area contributed by atoms with E-state index in [0.29, 0.717) is 12.3 Å². The number of carbonyl (C=O) groups excluding carboxylic acids is 1. The molecular formula is C14H10BrN3O2S. The standard InChI is InChI=1S/C14H10BrN3O2S/c15-13-4-3-10(21-13)8-17-14(19)11-6-12(20-18-11)9-2-1-5-16-7-9/h1-7H,8H2,(H,17,19). The molecular weight excluding hydrogens is 354 g/mol. The number of halogens is 1. The van der Waals surface area contributed by atoms with Crippen LogP contribution >= 0.6 is 27.3 Å². The van der Waals surface area contributed by atoms with Crippen molar-refractivity contribution in [1.29, 1.82) is 0 Å². The van der Waals surface area contributed by atoms with Crippen molar-refractivity contribution in [3.8, 4) is 11.3 Å². The van der Waals surface area contributed by atoms with E-state index < -0.39 is 0 Å². The van der Waals surface area contributed by atoms with Gasteiger partial charge in [0.1, 0.15) is 0 Å². The molecule has 0 atom stereocenters. The molecule has 0 unspecified atom stereocenters. The topological polar surface area (TPSA) is 68.0 Å². The summed E-state index contributed by atoms with van der Waals surface area (Å²) in [6, 6.07) is 9.16. The van der Waals surface area contributed by atoms with Crippen molar-refractivity contribution in [3.05, 3.63) is 57.1 Å². The summed E-state index contributed by atoms with van der Waals surface area (Å²) in [4.78, 5) is 17.1. The highest BCUT2D eigenvalue weighted by Gasteiger charge is 2.13. The molecule has 7 heteroatoms. The zero-order valence-electron chi connectivity index (χ0n) is 10.7. The van der Waals surface area contributed by atoms with E-state index >= 15 is 0 Å². The zero-order chi connectivity index (χ0) is 14.7. The summed E-state index contributed by atoms with van der Waals surface area (Å²) in [6.45, 7) is 0.462. The number of nitrogens with zero attached hydrogens (tertiary/aromatic N) is 2. The molecule has 0 fully saturated rings. The highest BCUT2D eigenvalue weighted by molar-refractivity contribution is 9.11. The Hall–Kier alpha value is -1.99. The number of thiophene rings is 1. The zero-order valence-corrected chi connectivity index (χ0v) is 13.1. The van der Waals surface area contributed by atoms with Gasteiger partial charge in [-0.1, -0.05) is 5.16 Å². The van der Waals surface area contributed by atoms with Gasteiger partial charge in [0.15, 0.2) is 11.5 Å². The fourth-order valence-corrected chi connectivity index (χ4v) is 3.15. The van der Waals surface area contributed by atoms with Crippen molar-refractivity contribution in [3.63, 3.8) is 0 Å². The molecule has 3 aromatic rings. The maximum Gasteiger partial charge on any atom is 0.273 e. The Labute approximate surface area is 133 Å². The molecule has 0 saturated carbocycles. The van der Waals surface area contributed by atoms with Gasteiger partial charge in [-0.05, 0) is 40.2 Å². The Morgan fingerprint density at radius 3 is 3.00 bits per heavy atom. The number of carbonyl (C=O) groups is 1. The second-order valence-corrected chi connectivity index (χ2v) is 6.75. The second kappa shape index (κ2) is 6.19. The van der Waals surface area contributed by atoms with E-state index in [9.17, 15) is 4.79 Å². The van der Waals surface area contributed by atoms with Gasteiger partial charge < -0.3 is 9.84 Å². The molecule has 5 nitrogen and oxygen atoms in total. The van der Waals surface area contributed by atoms with E-state index in [4.69, 9.17) is 4.52 Å². The Morgan fingerprint density at radius 2 is 2.29 bits per heavy atom. The summed E-state index contributed by atoms with van der Waals surface area (Å²) in [5, 5.41) is 6.60.